The van der Waals surface area contributed by atoms with E-state index >= 15 is 0 Å². The van der Waals surface area contributed by atoms with Crippen LogP contribution in [0.2, 0.25) is 0 Å². The number of esters is 1. The summed E-state index contributed by atoms with van der Waals surface area (Å²) in [6.07, 6.45) is 1.45. The first-order chi connectivity index (χ1) is 5.24. The van der Waals surface area contributed by atoms with E-state index in [1.165, 1.54) is 4.90 Å². The topological polar surface area (TPSA) is 46.6 Å². The van der Waals surface area contributed by atoms with Crippen molar-refractivity contribution in [3.8, 4) is 0 Å². The molecule has 1 fully saturated rings. The van der Waals surface area contributed by atoms with E-state index in [4.69, 9.17) is 4.74 Å². The second-order valence-electron chi connectivity index (χ2n) is 2.70. The Morgan fingerprint density at radius 2 is 2.55 bits per heavy atom. The van der Waals surface area contributed by atoms with Gasteiger partial charge in [0.05, 0.1) is 12.5 Å². The molecule has 0 bridgehead atoms. The van der Waals surface area contributed by atoms with Crippen LogP contribution in [-0.4, -0.2) is 37.5 Å². The highest BCUT2D eigenvalue weighted by molar-refractivity contribution is 5.74. The lowest BCUT2D eigenvalue weighted by molar-refractivity contribution is -0.141. The van der Waals surface area contributed by atoms with Gasteiger partial charge in [0.15, 0.2) is 0 Å². The molecule has 0 radical (unpaired) electrons. The van der Waals surface area contributed by atoms with E-state index in [0.29, 0.717) is 19.6 Å². The van der Waals surface area contributed by atoms with Gasteiger partial charge in [-0.1, -0.05) is 0 Å². The molecule has 0 saturated carbocycles. The van der Waals surface area contributed by atoms with Gasteiger partial charge in [0.1, 0.15) is 0 Å². The van der Waals surface area contributed by atoms with Gasteiger partial charge in [-0.05, 0) is 6.42 Å². The van der Waals surface area contributed by atoms with Crippen LogP contribution in [0.25, 0.3) is 0 Å². The van der Waals surface area contributed by atoms with Crippen LogP contribution >= 0.6 is 0 Å². The van der Waals surface area contributed by atoms with E-state index < -0.39 is 0 Å². The van der Waals surface area contributed by atoms with Gasteiger partial charge in [0.25, 0.3) is 0 Å². The smallest absolute Gasteiger partial charge is 0.310 e. The SMILES string of the molecule is CN(C=O)CC1CCOC1=O. The summed E-state index contributed by atoms with van der Waals surface area (Å²) in [7, 11) is 1.65. The van der Waals surface area contributed by atoms with E-state index in [9.17, 15) is 9.59 Å². The third-order valence-corrected chi connectivity index (χ3v) is 1.73. The van der Waals surface area contributed by atoms with Crippen molar-refractivity contribution in [3.05, 3.63) is 0 Å². The Hall–Kier alpha value is -1.06. The second kappa shape index (κ2) is 3.37. The predicted molar refractivity (Wildman–Crippen MR) is 37.8 cm³/mol. The normalized spacial score (nSPS) is 23.0. The van der Waals surface area contributed by atoms with E-state index in [2.05, 4.69) is 0 Å². The Morgan fingerprint density at radius 1 is 1.82 bits per heavy atom. The minimum atomic E-state index is -0.182. The maximum absolute atomic E-state index is 10.9. The first-order valence-electron chi connectivity index (χ1n) is 3.56. The third kappa shape index (κ3) is 1.93. The van der Waals surface area contributed by atoms with Crippen LogP contribution in [-0.2, 0) is 14.3 Å². The summed E-state index contributed by atoms with van der Waals surface area (Å²) in [4.78, 5) is 22.5. The van der Waals surface area contributed by atoms with Gasteiger partial charge in [-0.15, -0.1) is 0 Å². The predicted octanol–water partition coefficient (Wildman–Crippen LogP) is -0.362. The van der Waals surface area contributed by atoms with Crippen molar-refractivity contribution in [3.63, 3.8) is 0 Å². The number of hydrogen-bond acceptors (Lipinski definition) is 3. The Balaban J connectivity index is 2.36. The minimum absolute atomic E-state index is 0.106. The molecule has 1 atom stereocenters. The van der Waals surface area contributed by atoms with E-state index in [1.54, 1.807) is 7.05 Å². The summed E-state index contributed by atoms with van der Waals surface area (Å²) in [6, 6.07) is 0. The lowest BCUT2D eigenvalue weighted by Crippen LogP contribution is -2.26. The lowest BCUT2D eigenvalue weighted by Gasteiger charge is -2.12. The molecule has 0 aromatic heterocycles. The number of hydrogen-bond donors (Lipinski definition) is 0. The fourth-order valence-electron chi connectivity index (χ4n) is 1.09. The van der Waals surface area contributed by atoms with Crippen molar-refractivity contribution in [2.45, 2.75) is 6.42 Å². The molecular weight excluding hydrogens is 146 g/mol. The molecule has 1 aliphatic heterocycles. The summed E-state index contributed by atoms with van der Waals surface area (Å²) in [5.74, 6) is -0.288. The fourth-order valence-corrected chi connectivity index (χ4v) is 1.09. The number of nitrogens with zero attached hydrogens (tertiary/aromatic N) is 1. The Kier molecular flexibility index (Phi) is 2.46. The highest BCUT2D eigenvalue weighted by Gasteiger charge is 2.26. The van der Waals surface area contributed by atoms with E-state index in [-0.39, 0.29) is 11.9 Å². The molecule has 1 amide bonds. The summed E-state index contributed by atoms with van der Waals surface area (Å²) < 4.78 is 4.73. The van der Waals surface area contributed by atoms with Crippen LogP contribution in [0, 0.1) is 5.92 Å². The molecular formula is C7H11NO3. The highest BCUT2D eigenvalue weighted by Crippen LogP contribution is 2.14. The molecule has 4 heteroatoms. The molecule has 0 aromatic rings. The number of carbonyl (C=O) groups is 2. The first-order valence-corrected chi connectivity index (χ1v) is 3.56. The standard InChI is InChI=1S/C7H11NO3/c1-8(5-9)4-6-2-3-11-7(6)10/h5-6H,2-4H2,1H3. The molecule has 0 aromatic carbocycles. The molecule has 0 aliphatic carbocycles. The van der Waals surface area contributed by atoms with Crippen molar-refractivity contribution in [2.75, 3.05) is 20.2 Å². The van der Waals surface area contributed by atoms with Crippen molar-refractivity contribution >= 4 is 12.4 Å². The van der Waals surface area contributed by atoms with Gasteiger partial charge < -0.3 is 9.64 Å². The Bertz CT molecular complexity index is 169. The quantitative estimate of drug-likeness (QED) is 0.415. The van der Waals surface area contributed by atoms with Crippen molar-refractivity contribution < 1.29 is 14.3 Å². The molecule has 11 heavy (non-hydrogen) atoms. The zero-order valence-electron chi connectivity index (χ0n) is 6.45. The maximum atomic E-state index is 10.9. The van der Waals surface area contributed by atoms with Gasteiger partial charge in [-0.2, -0.15) is 0 Å². The average molecular weight is 157 g/mol. The molecule has 62 valence electrons. The first kappa shape index (κ1) is 8.04. The average Bonchev–Trinajstić information content (AvgIpc) is 2.37. The summed E-state index contributed by atoms with van der Waals surface area (Å²) in [6.45, 7) is 0.971. The van der Waals surface area contributed by atoms with Crippen LogP contribution in [0.15, 0.2) is 0 Å². The van der Waals surface area contributed by atoms with Crippen LogP contribution < -0.4 is 0 Å². The molecule has 1 rings (SSSR count). The number of cyclic esters (lactones) is 1. The van der Waals surface area contributed by atoms with Crippen molar-refractivity contribution in [2.24, 2.45) is 5.92 Å². The number of amides is 1. The van der Waals surface area contributed by atoms with Crippen LogP contribution in [0.5, 0.6) is 0 Å². The largest absolute Gasteiger partial charge is 0.465 e. The maximum Gasteiger partial charge on any atom is 0.310 e. The Morgan fingerprint density at radius 3 is 3.00 bits per heavy atom. The third-order valence-electron chi connectivity index (χ3n) is 1.73. The van der Waals surface area contributed by atoms with Gasteiger partial charge >= 0.3 is 5.97 Å². The summed E-state index contributed by atoms with van der Waals surface area (Å²) in [5.41, 5.74) is 0. The zero-order valence-corrected chi connectivity index (χ0v) is 6.45. The zero-order chi connectivity index (χ0) is 8.27. The fraction of sp³-hybridized carbons (Fsp3) is 0.714. The monoisotopic (exact) mass is 157 g/mol. The van der Waals surface area contributed by atoms with Gasteiger partial charge in [0, 0.05) is 13.6 Å². The summed E-state index contributed by atoms with van der Waals surface area (Å²) in [5, 5.41) is 0. The van der Waals surface area contributed by atoms with Crippen molar-refractivity contribution in [1.29, 1.82) is 0 Å². The van der Waals surface area contributed by atoms with Gasteiger partial charge in [0.2, 0.25) is 6.41 Å². The molecule has 4 nitrogen and oxygen atoms in total. The van der Waals surface area contributed by atoms with Gasteiger partial charge in [-0.25, -0.2) is 0 Å². The lowest BCUT2D eigenvalue weighted by atomic mass is 10.1. The van der Waals surface area contributed by atoms with Crippen molar-refractivity contribution in [1.82, 2.24) is 4.90 Å². The number of ether oxygens (including phenoxy) is 1. The molecule has 0 spiro atoms. The van der Waals surface area contributed by atoms with Gasteiger partial charge in [-0.3, -0.25) is 9.59 Å². The van der Waals surface area contributed by atoms with Crippen LogP contribution in [0.3, 0.4) is 0 Å². The summed E-state index contributed by atoms with van der Waals surface area (Å²) >= 11 is 0. The Labute approximate surface area is 65.1 Å². The number of carbonyl (C=O) groups excluding carboxylic acids is 2. The molecule has 1 heterocycles. The minimum Gasteiger partial charge on any atom is -0.465 e. The molecule has 1 unspecified atom stereocenters. The molecule has 1 saturated heterocycles. The highest BCUT2D eigenvalue weighted by atomic mass is 16.5. The van der Waals surface area contributed by atoms with E-state index in [0.717, 1.165) is 6.42 Å². The molecule has 1 aliphatic rings. The van der Waals surface area contributed by atoms with Crippen LogP contribution in [0.1, 0.15) is 6.42 Å². The number of rotatable bonds is 3. The second-order valence-corrected chi connectivity index (χ2v) is 2.70. The van der Waals surface area contributed by atoms with E-state index in [1.807, 2.05) is 0 Å². The molecule has 0 N–H and O–H groups in total. The van der Waals surface area contributed by atoms with Crippen LogP contribution in [0.4, 0.5) is 0 Å².